The van der Waals surface area contributed by atoms with Gasteiger partial charge in [-0.3, -0.25) is 0 Å². The zero-order valence-electron chi connectivity index (χ0n) is 13.3. The van der Waals surface area contributed by atoms with Crippen molar-refractivity contribution in [2.24, 2.45) is 0 Å². The fraction of sp³-hybridized carbons (Fsp3) is 0.647. The average molecular weight is 299 g/mol. The fourth-order valence-electron chi connectivity index (χ4n) is 3.98. The van der Waals surface area contributed by atoms with E-state index in [4.69, 9.17) is 4.98 Å². The number of nitrogens with one attached hydrogen (secondary N) is 1. The first kappa shape index (κ1) is 14.2. The number of nitrogens with zero attached hydrogens (tertiary/aromatic N) is 4. The Morgan fingerprint density at radius 3 is 3.09 bits per heavy atom. The molecule has 0 spiro atoms. The van der Waals surface area contributed by atoms with Crippen LogP contribution in [-0.4, -0.2) is 52.2 Å². The number of rotatable bonds is 3. The molecule has 1 N–H and O–H groups in total. The molecule has 2 aliphatic heterocycles. The number of imidazole rings is 1. The predicted molar refractivity (Wildman–Crippen MR) is 88.0 cm³/mol. The fourth-order valence-corrected chi connectivity index (χ4v) is 3.98. The summed E-state index contributed by atoms with van der Waals surface area (Å²) in [7, 11) is 2.22. The minimum absolute atomic E-state index is 0.536. The van der Waals surface area contributed by atoms with E-state index >= 15 is 0 Å². The first-order valence-corrected chi connectivity index (χ1v) is 8.54. The molecule has 2 atom stereocenters. The van der Waals surface area contributed by atoms with Gasteiger partial charge in [-0.25, -0.2) is 9.97 Å². The normalized spacial score (nSPS) is 26.8. The monoisotopic (exact) mass is 299 g/mol. The number of piperidine rings is 1. The van der Waals surface area contributed by atoms with Crippen molar-refractivity contribution >= 4 is 11.2 Å². The molecule has 5 nitrogen and oxygen atoms in total. The Bertz CT molecular complexity index is 644. The van der Waals surface area contributed by atoms with Crippen molar-refractivity contribution in [2.75, 3.05) is 26.7 Å². The second-order valence-electron chi connectivity index (χ2n) is 6.82. The van der Waals surface area contributed by atoms with E-state index in [1.54, 1.807) is 0 Å². The van der Waals surface area contributed by atoms with Gasteiger partial charge in [0, 0.05) is 31.2 Å². The van der Waals surface area contributed by atoms with Crippen LogP contribution in [0.1, 0.15) is 37.4 Å². The summed E-state index contributed by atoms with van der Waals surface area (Å²) in [6, 6.07) is 4.65. The molecular formula is C17H25N5. The van der Waals surface area contributed by atoms with Crippen LogP contribution in [0.15, 0.2) is 18.3 Å². The number of aromatic nitrogens is 3. The minimum Gasteiger partial charge on any atom is -0.312 e. The Hall–Kier alpha value is -1.46. The molecule has 0 radical (unpaired) electrons. The van der Waals surface area contributed by atoms with Gasteiger partial charge in [-0.05, 0) is 58.0 Å². The minimum atomic E-state index is 0.536. The zero-order chi connectivity index (χ0) is 14.9. The summed E-state index contributed by atoms with van der Waals surface area (Å²) in [5.74, 6) is 1.78. The van der Waals surface area contributed by atoms with E-state index in [1.165, 1.54) is 38.1 Å². The van der Waals surface area contributed by atoms with Gasteiger partial charge in [0.05, 0.1) is 0 Å². The summed E-state index contributed by atoms with van der Waals surface area (Å²) in [4.78, 5) is 12.0. The molecule has 0 saturated carbocycles. The maximum Gasteiger partial charge on any atom is 0.160 e. The van der Waals surface area contributed by atoms with E-state index in [-0.39, 0.29) is 0 Å². The van der Waals surface area contributed by atoms with Gasteiger partial charge in [0.25, 0.3) is 0 Å². The van der Waals surface area contributed by atoms with Crippen LogP contribution in [0.25, 0.3) is 11.2 Å². The zero-order valence-corrected chi connectivity index (χ0v) is 13.3. The molecule has 118 valence electrons. The van der Waals surface area contributed by atoms with Crippen molar-refractivity contribution in [1.82, 2.24) is 24.8 Å². The Morgan fingerprint density at radius 1 is 1.32 bits per heavy atom. The highest BCUT2D eigenvalue weighted by Crippen LogP contribution is 2.28. The van der Waals surface area contributed by atoms with E-state index in [0.29, 0.717) is 12.0 Å². The Labute approximate surface area is 131 Å². The summed E-state index contributed by atoms with van der Waals surface area (Å²) in [6.07, 6.45) is 6.94. The summed E-state index contributed by atoms with van der Waals surface area (Å²) >= 11 is 0. The van der Waals surface area contributed by atoms with Crippen molar-refractivity contribution in [3.63, 3.8) is 0 Å². The van der Waals surface area contributed by atoms with E-state index in [2.05, 4.69) is 32.9 Å². The van der Waals surface area contributed by atoms with Gasteiger partial charge in [0.15, 0.2) is 5.65 Å². The Kier molecular flexibility index (Phi) is 3.84. The number of hydrogen-bond acceptors (Lipinski definition) is 4. The maximum atomic E-state index is 4.96. The van der Waals surface area contributed by atoms with Gasteiger partial charge in [0.1, 0.15) is 11.3 Å². The number of fused-ring (bicyclic) bond motifs is 1. The molecule has 0 bridgehead atoms. The summed E-state index contributed by atoms with van der Waals surface area (Å²) in [5, 5.41) is 3.61. The van der Waals surface area contributed by atoms with Crippen LogP contribution in [0.2, 0.25) is 0 Å². The first-order chi connectivity index (χ1) is 10.8. The standard InChI is InChI=1S/C17H25N5/c1-21-10-4-5-13(11-21)16-20-15-7-3-9-19-17(15)22(16)12-14-6-2-8-18-14/h3,7,9,13-14,18H,2,4-6,8,10-12H2,1H3. The third-order valence-corrected chi connectivity index (χ3v) is 5.09. The van der Waals surface area contributed by atoms with Crippen LogP contribution >= 0.6 is 0 Å². The third kappa shape index (κ3) is 2.63. The van der Waals surface area contributed by atoms with Crippen molar-refractivity contribution in [3.8, 4) is 0 Å². The van der Waals surface area contributed by atoms with Gasteiger partial charge in [-0.2, -0.15) is 0 Å². The lowest BCUT2D eigenvalue weighted by Gasteiger charge is -2.30. The number of hydrogen-bond donors (Lipinski definition) is 1. The molecule has 0 aliphatic carbocycles. The largest absolute Gasteiger partial charge is 0.312 e. The van der Waals surface area contributed by atoms with Crippen LogP contribution < -0.4 is 5.32 Å². The van der Waals surface area contributed by atoms with Gasteiger partial charge in [0.2, 0.25) is 0 Å². The molecule has 2 unspecified atom stereocenters. The molecule has 5 heteroatoms. The van der Waals surface area contributed by atoms with Crippen LogP contribution in [0.3, 0.4) is 0 Å². The second kappa shape index (κ2) is 5.97. The molecule has 2 saturated heterocycles. The van der Waals surface area contributed by atoms with E-state index in [1.807, 2.05) is 12.3 Å². The molecule has 4 rings (SSSR count). The van der Waals surface area contributed by atoms with E-state index in [0.717, 1.165) is 30.8 Å². The molecular weight excluding hydrogens is 274 g/mol. The highest BCUT2D eigenvalue weighted by atomic mass is 15.2. The van der Waals surface area contributed by atoms with Crippen LogP contribution in [0.5, 0.6) is 0 Å². The van der Waals surface area contributed by atoms with E-state index < -0.39 is 0 Å². The number of pyridine rings is 1. The highest BCUT2D eigenvalue weighted by Gasteiger charge is 2.26. The molecule has 2 aromatic heterocycles. The lowest BCUT2D eigenvalue weighted by Crippen LogP contribution is -2.33. The lowest BCUT2D eigenvalue weighted by atomic mass is 9.97. The molecule has 4 heterocycles. The average Bonchev–Trinajstić information content (AvgIpc) is 3.16. The summed E-state index contributed by atoms with van der Waals surface area (Å²) < 4.78 is 2.39. The SMILES string of the molecule is CN1CCCC(c2nc3cccnc3n2CC2CCCN2)C1. The third-order valence-electron chi connectivity index (χ3n) is 5.09. The van der Waals surface area contributed by atoms with Crippen molar-refractivity contribution in [1.29, 1.82) is 0 Å². The van der Waals surface area contributed by atoms with Crippen LogP contribution in [0, 0.1) is 0 Å². The van der Waals surface area contributed by atoms with Gasteiger partial charge in [-0.15, -0.1) is 0 Å². The second-order valence-corrected chi connectivity index (χ2v) is 6.82. The quantitative estimate of drug-likeness (QED) is 0.941. The predicted octanol–water partition coefficient (Wildman–Crippen LogP) is 1.99. The summed E-state index contributed by atoms with van der Waals surface area (Å²) in [5.41, 5.74) is 2.10. The van der Waals surface area contributed by atoms with Gasteiger partial charge in [-0.1, -0.05) is 0 Å². The summed E-state index contributed by atoms with van der Waals surface area (Å²) in [6.45, 7) is 4.47. The van der Waals surface area contributed by atoms with Crippen LogP contribution in [0.4, 0.5) is 0 Å². The lowest BCUT2D eigenvalue weighted by molar-refractivity contribution is 0.242. The number of likely N-dealkylation sites (N-methyl/N-ethyl adjacent to an activating group) is 1. The molecule has 0 amide bonds. The molecule has 2 fully saturated rings. The highest BCUT2D eigenvalue weighted by molar-refractivity contribution is 5.71. The van der Waals surface area contributed by atoms with Crippen molar-refractivity contribution in [3.05, 3.63) is 24.2 Å². The maximum absolute atomic E-state index is 4.96. The van der Waals surface area contributed by atoms with Gasteiger partial charge < -0.3 is 14.8 Å². The van der Waals surface area contributed by atoms with Crippen molar-refractivity contribution < 1.29 is 0 Å². The molecule has 2 aliphatic rings. The molecule has 0 aromatic carbocycles. The Balaban J connectivity index is 1.71. The topological polar surface area (TPSA) is 46.0 Å². The van der Waals surface area contributed by atoms with Gasteiger partial charge >= 0.3 is 0 Å². The molecule has 22 heavy (non-hydrogen) atoms. The van der Waals surface area contributed by atoms with E-state index in [9.17, 15) is 0 Å². The number of likely N-dealkylation sites (tertiary alicyclic amines) is 1. The van der Waals surface area contributed by atoms with Crippen molar-refractivity contribution in [2.45, 2.75) is 44.2 Å². The first-order valence-electron chi connectivity index (χ1n) is 8.54. The smallest absolute Gasteiger partial charge is 0.160 e. The van der Waals surface area contributed by atoms with Crippen LogP contribution in [-0.2, 0) is 6.54 Å². The molecule has 2 aromatic rings. The Morgan fingerprint density at radius 2 is 2.27 bits per heavy atom.